The van der Waals surface area contributed by atoms with Crippen LogP contribution < -0.4 is 5.32 Å². The van der Waals surface area contributed by atoms with Gasteiger partial charge >= 0.3 is 5.97 Å². The number of carboxylic acid groups (broad SMARTS) is 1. The zero-order valence-electron chi connectivity index (χ0n) is 11.3. The monoisotopic (exact) mass is 291 g/mol. The Balaban J connectivity index is 2.71. The zero-order valence-corrected chi connectivity index (χ0v) is 12.1. The first-order valence-electron chi connectivity index (χ1n) is 6.44. The predicted molar refractivity (Wildman–Crippen MR) is 70.4 cm³/mol. The van der Waals surface area contributed by atoms with Crippen molar-refractivity contribution in [3.63, 3.8) is 0 Å². The minimum Gasteiger partial charge on any atom is -0.480 e. The average molecular weight is 291 g/mol. The number of rotatable bonds is 5. The normalized spacial score (nSPS) is 25.6. The fourth-order valence-electron chi connectivity index (χ4n) is 2.38. The van der Waals surface area contributed by atoms with Gasteiger partial charge in [-0.2, -0.15) is 0 Å². The lowest BCUT2D eigenvalue weighted by Gasteiger charge is -2.27. The Hall–Kier alpha value is -1.11. The van der Waals surface area contributed by atoms with Crippen LogP contribution >= 0.6 is 0 Å². The lowest BCUT2D eigenvalue weighted by molar-refractivity contribution is -0.140. The molecule has 0 spiro atoms. The number of sulfone groups is 1. The summed E-state index contributed by atoms with van der Waals surface area (Å²) in [7, 11) is -3.49. The van der Waals surface area contributed by atoms with Crippen LogP contribution in [0.25, 0.3) is 0 Å². The molecule has 110 valence electrons. The Labute approximate surface area is 113 Å². The van der Waals surface area contributed by atoms with E-state index in [1.165, 1.54) is 6.92 Å². The van der Waals surface area contributed by atoms with E-state index in [4.69, 9.17) is 5.11 Å². The third kappa shape index (κ3) is 4.81. The van der Waals surface area contributed by atoms with Crippen molar-refractivity contribution in [2.45, 2.75) is 50.8 Å². The van der Waals surface area contributed by atoms with Crippen molar-refractivity contribution in [1.29, 1.82) is 0 Å². The summed E-state index contributed by atoms with van der Waals surface area (Å²) in [5, 5.41) is 10.6. The van der Waals surface area contributed by atoms with E-state index >= 15 is 0 Å². The molecule has 1 aliphatic rings. The van der Waals surface area contributed by atoms with Gasteiger partial charge in [0, 0.05) is 6.92 Å². The summed E-state index contributed by atoms with van der Waals surface area (Å²) < 4.78 is 24.3. The highest BCUT2D eigenvalue weighted by molar-refractivity contribution is 7.92. The third-order valence-electron chi connectivity index (χ3n) is 3.55. The first-order chi connectivity index (χ1) is 8.72. The molecule has 1 amide bonds. The number of hydrogen-bond acceptors (Lipinski definition) is 4. The van der Waals surface area contributed by atoms with Gasteiger partial charge in [-0.05, 0) is 31.6 Å². The first-order valence-corrected chi connectivity index (χ1v) is 8.15. The van der Waals surface area contributed by atoms with Crippen molar-refractivity contribution in [3.8, 4) is 0 Å². The van der Waals surface area contributed by atoms with Crippen molar-refractivity contribution < 1.29 is 23.1 Å². The molecule has 1 rings (SSSR count). The van der Waals surface area contributed by atoms with Crippen LogP contribution in [-0.2, 0) is 19.4 Å². The maximum absolute atomic E-state index is 12.2. The van der Waals surface area contributed by atoms with Crippen molar-refractivity contribution in [3.05, 3.63) is 0 Å². The van der Waals surface area contributed by atoms with Gasteiger partial charge in [0.25, 0.3) is 0 Å². The lowest BCUT2D eigenvalue weighted by Crippen LogP contribution is -2.46. The van der Waals surface area contributed by atoms with Gasteiger partial charge in [-0.25, -0.2) is 13.2 Å². The highest BCUT2D eigenvalue weighted by Crippen LogP contribution is 2.28. The van der Waals surface area contributed by atoms with Gasteiger partial charge in [0.1, 0.15) is 6.04 Å². The van der Waals surface area contributed by atoms with Crippen LogP contribution in [0.15, 0.2) is 0 Å². The molecule has 0 aliphatic heterocycles. The van der Waals surface area contributed by atoms with Crippen LogP contribution in [0.3, 0.4) is 0 Å². The second-order valence-electron chi connectivity index (χ2n) is 5.30. The largest absolute Gasteiger partial charge is 0.480 e. The minimum absolute atomic E-state index is 0.473. The molecule has 2 N–H and O–H groups in total. The molecule has 7 heteroatoms. The van der Waals surface area contributed by atoms with Gasteiger partial charge in [-0.1, -0.05) is 6.92 Å². The standard InChI is InChI=1S/C12H21NO5S/c1-8-3-5-10(6-4-8)19(17,18)7-11(12(15)16)13-9(2)14/h8,10-11H,3-7H2,1-2H3,(H,13,14)(H,15,16). The van der Waals surface area contributed by atoms with E-state index in [1.807, 2.05) is 0 Å². The van der Waals surface area contributed by atoms with Crippen LogP contribution in [0.1, 0.15) is 39.5 Å². The van der Waals surface area contributed by atoms with Crippen LogP contribution in [0.4, 0.5) is 0 Å². The Bertz CT molecular complexity index is 437. The quantitative estimate of drug-likeness (QED) is 0.771. The van der Waals surface area contributed by atoms with E-state index < -0.39 is 38.8 Å². The summed E-state index contributed by atoms with van der Waals surface area (Å²) in [5.74, 6) is -1.86. The van der Waals surface area contributed by atoms with Gasteiger partial charge in [-0.15, -0.1) is 0 Å². The number of aliphatic carboxylic acids is 1. The lowest BCUT2D eigenvalue weighted by atomic mass is 9.91. The Morgan fingerprint density at radius 1 is 1.26 bits per heavy atom. The van der Waals surface area contributed by atoms with Gasteiger partial charge in [0.2, 0.25) is 5.91 Å². The van der Waals surface area contributed by atoms with E-state index in [1.54, 1.807) is 0 Å². The number of carbonyl (C=O) groups excluding carboxylic acids is 1. The summed E-state index contributed by atoms with van der Waals surface area (Å²) in [6.45, 7) is 3.26. The second kappa shape index (κ2) is 6.36. The highest BCUT2D eigenvalue weighted by Gasteiger charge is 2.34. The maximum Gasteiger partial charge on any atom is 0.327 e. The zero-order chi connectivity index (χ0) is 14.6. The Morgan fingerprint density at radius 2 is 1.79 bits per heavy atom. The van der Waals surface area contributed by atoms with E-state index in [0.29, 0.717) is 18.8 Å². The van der Waals surface area contributed by atoms with Gasteiger partial charge in [0.15, 0.2) is 9.84 Å². The number of amides is 1. The smallest absolute Gasteiger partial charge is 0.327 e. The summed E-state index contributed by atoms with van der Waals surface area (Å²) in [5.41, 5.74) is 0. The van der Waals surface area contributed by atoms with Gasteiger partial charge < -0.3 is 10.4 Å². The van der Waals surface area contributed by atoms with Crippen molar-refractivity contribution in [1.82, 2.24) is 5.32 Å². The number of hydrogen-bond donors (Lipinski definition) is 2. The summed E-state index contributed by atoms with van der Waals surface area (Å²) in [4.78, 5) is 21.9. The molecule has 0 aromatic rings. The Morgan fingerprint density at radius 3 is 2.21 bits per heavy atom. The van der Waals surface area contributed by atoms with E-state index in [9.17, 15) is 18.0 Å². The Kier molecular flexibility index (Phi) is 5.34. The molecular formula is C12H21NO5S. The van der Waals surface area contributed by atoms with Gasteiger partial charge in [0.05, 0.1) is 11.0 Å². The molecule has 1 aliphatic carbocycles. The molecule has 0 saturated heterocycles. The van der Waals surface area contributed by atoms with E-state index in [0.717, 1.165) is 12.8 Å². The summed E-state index contributed by atoms with van der Waals surface area (Å²) in [6.07, 6.45) is 2.86. The van der Waals surface area contributed by atoms with Crippen molar-refractivity contribution in [2.24, 2.45) is 5.92 Å². The molecule has 1 unspecified atom stereocenters. The molecule has 0 bridgehead atoms. The molecule has 0 heterocycles. The molecule has 0 aromatic heterocycles. The molecule has 1 fully saturated rings. The number of carboxylic acids is 1. The SMILES string of the molecule is CC(=O)NC(CS(=O)(=O)C1CCC(C)CC1)C(=O)O. The predicted octanol–water partition coefficient (Wildman–Crippen LogP) is 0.569. The topological polar surface area (TPSA) is 101 Å². The van der Waals surface area contributed by atoms with E-state index in [2.05, 4.69) is 12.2 Å². The second-order valence-corrected chi connectivity index (χ2v) is 7.63. The first kappa shape index (κ1) is 15.9. The minimum atomic E-state index is -3.49. The molecule has 1 atom stereocenters. The fourth-order valence-corrected chi connectivity index (χ4v) is 4.33. The summed E-state index contributed by atoms with van der Waals surface area (Å²) >= 11 is 0. The molecule has 0 radical (unpaired) electrons. The maximum atomic E-state index is 12.2. The van der Waals surface area contributed by atoms with Crippen LogP contribution in [-0.4, -0.2) is 42.4 Å². The molecule has 1 saturated carbocycles. The highest BCUT2D eigenvalue weighted by atomic mass is 32.2. The van der Waals surface area contributed by atoms with Crippen molar-refractivity contribution in [2.75, 3.05) is 5.75 Å². The average Bonchev–Trinajstić information content (AvgIpc) is 2.27. The van der Waals surface area contributed by atoms with Gasteiger partial charge in [-0.3, -0.25) is 4.79 Å². The molecule has 0 aromatic carbocycles. The molecular weight excluding hydrogens is 270 g/mol. The van der Waals surface area contributed by atoms with E-state index in [-0.39, 0.29) is 0 Å². The third-order valence-corrected chi connectivity index (χ3v) is 5.83. The molecule has 19 heavy (non-hydrogen) atoms. The fraction of sp³-hybridized carbons (Fsp3) is 0.833. The summed E-state index contributed by atoms with van der Waals surface area (Å²) in [6, 6.07) is -1.36. The number of nitrogens with one attached hydrogen (secondary N) is 1. The van der Waals surface area contributed by atoms with Crippen LogP contribution in [0.5, 0.6) is 0 Å². The number of carbonyl (C=O) groups is 2. The molecule has 6 nitrogen and oxygen atoms in total. The van der Waals surface area contributed by atoms with Crippen molar-refractivity contribution >= 4 is 21.7 Å². The van der Waals surface area contributed by atoms with Crippen LogP contribution in [0, 0.1) is 5.92 Å². The van der Waals surface area contributed by atoms with Crippen LogP contribution in [0.2, 0.25) is 0 Å².